The van der Waals surface area contributed by atoms with Crippen LogP contribution in [0, 0.1) is 11.8 Å². The highest BCUT2D eigenvalue weighted by Gasteiger charge is 2.29. The Bertz CT molecular complexity index is 2280. The summed E-state index contributed by atoms with van der Waals surface area (Å²) in [7, 11) is 0. The molecule has 6 aromatic carbocycles. The molecule has 8 rings (SSSR count). The number of hydrogen-bond acceptors (Lipinski definition) is 7. The van der Waals surface area contributed by atoms with Crippen molar-refractivity contribution in [1.82, 2.24) is 19.6 Å². The monoisotopic (exact) mass is 898 g/mol. The second-order valence-corrected chi connectivity index (χ2v) is 16.9. The number of hydrogen-bond donors (Lipinski definition) is 2. The zero-order valence-electron chi connectivity index (χ0n) is 38.2. The zero-order chi connectivity index (χ0) is 47.1. The largest absolute Gasteiger partial charge is 0.399 e. The Morgan fingerprint density at radius 1 is 0.433 bits per heavy atom. The number of nitrogens with one attached hydrogen (secondary N) is 1. The van der Waals surface area contributed by atoms with Crippen molar-refractivity contribution in [2.45, 2.75) is 25.7 Å². The number of amides is 4. The van der Waals surface area contributed by atoms with E-state index in [0.717, 1.165) is 39.9 Å². The van der Waals surface area contributed by atoms with Crippen LogP contribution in [-0.2, 0) is 49.7 Å². The first-order chi connectivity index (χ1) is 32.7. The van der Waals surface area contributed by atoms with Gasteiger partial charge in [0.1, 0.15) is 6.29 Å². The average molecular weight is 899 g/mol. The number of benzene rings is 6. The summed E-state index contributed by atoms with van der Waals surface area (Å²) in [5.41, 5.74) is 11.2. The Hall–Kier alpha value is -7.53. The molecule has 2 aliphatic heterocycles. The molecule has 2 aliphatic rings. The van der Waals surface area contributed by atoms with Gasteiger partial charge in [-0.15, -0.1) is 0 Å². The summed E-state index contributed by atoms with van der Waals surface area (Å²) in [5, 5.41) is 3.48. The van der Waals surface area contributed by atoms with Gasteiger partial charge in [-0.05, 0) is 46.5 Å². The third-order valence-electron chi connectivity index (χ3n) is 11.7. The lowest BCUT2D eigenvalue weighted by Gasteiger charge is -2.25. The minimum absolute atomic E-state index is 0.00888. The van der Waals surface area contributed by atoms with Gasteiger partial charge in [0.05, 0.1) is 25.7 Å². The molecular formula is C56H62N6O5. The van der Waals surface area contributed by atoms with Gasteiger partial charge < -0.3 is 35.4 Å². The van der Waals surface area contributed by atoms with Crippen LogP contribution in [-0.4, -0.2) is 108 Å². The maximum absolute atomic E-state index is 13.1. The second kappa shape index (κ2) is 26.4. The highest BCUT2D eigenvalue weighted by molar-refractivity contribution is 5.82. The normalized spacial score (nSPS) is 14.2. The fourth-order valence-electron chi connectivity index (χ4n) is 8.07. The van der Waals surface area contributed by atoms with Crippen LogP contribution in [0.4, 0.5) is 11.4 Å². The van der Waals surface area contributed by atoms with E-state index in [1.807, 2.05) is 192 Å². The van der Waals surface area contributed by atoms with E-state index >= 15 is 0 Å². The number of anilines is 2. The number of para-hydroxylation sites is 2. The molecule has 11 nitrogen and oxygen atoms in total. The summed E-state index contributed by atoms with van der Waals surface area (Å²) in [4.78, 5) is 70.3. The molecule has 0 spiro atoms. The van der Waals surface area contributed by atoms with Crippen LogP contribution in [0.2, 0.25) is 0 Å². The zero-order valence-corrected chi connectivity index (χ0v) is 38.2. The number of aldehydes is 1. The predicted octanol–water partition coefficient (Wildman–Crippen LogP) is 7.10. The number of nitrogens with zero attached hydrogens (tertiary/aromatic N) is 4. The average Bonchev–Trinajstić information content (AvgIpc) is 3.73. The Kier molecular flexibility index (Phi) is 19.3. The van der Waals surface area contributed by atoms with E-state index in [1.165, 1.54) is 0 Å². The van der Waals surface area contributed by atoms with E-state index in [9.17, 15) is 24.0 Å². The molecule has 6 aromatic rings. The number of nitrogen functional groups attached to an aromatic ring is 1. The third-order valence-corrected chi connectivity index (χ3v) is 11.7. The summed E-state index contributed by atoms with van der Waals surface area (Å²) < 4.78 is 0. The van der Waals surface area contributed by atoms with Gasteiger partial charge in [-0.25, -0.2) is 0 Å². The van der Waals surface area contributed by atoms with E-state index < -0.39 is 0 Å². The molecular weight excluding hydrogens is 837 g/mol. The van der Waals surface area contributed by atoms with Crippen LogP contribution in [0.3, 0.4) is 0 Å². The van der Waals surface area contributed by atoms with E-state index in [0.29, 0.717) is 84.6 Å². The number of rotatable bonds is 12. The standard InChI is InChI=1S/C28H31N3O2.C22H24N2O3.C6H7N/c32-27(18-23-10-4-1-5-11-23)30-16-17-31(28(33)19-24-12-6-2-7-13-24)22-25(21-30)20-29-26-14-8-3-9-15-26;25-17-20-15-23(21(26)13-18-7-3-1-4-8-18)11-12-24(16-20)22(27)14-19-9-5-2-6-10-19;7-6-4-2-1-3-5-6/h1-15,25,29H,16-22H2;1-10,17,20H,11-16H2;1-5H,7H2. The molecule has 0 saturated carbocycles. The minimum atomic E-state index is -0.355. The van der Waals surface area contributed by atoms with Gasteiger partial charge in [0.15, 0.2) is 0 Å². The smallest absolute Gasteiger partial charge is 0.227 e. The Balaban J connectivity index is 0.000000195. The molecule has 11 heteroatoms. The van der Waals surface area contributed by atoms with E-state index in [4.69, 9.17) is 5.73 Å². The van der Waals surface area contributed by atoms with Crippen LogP contribution < -0.4 is 11.1 Å². The summed E-state index contributed by atoms with van der Waals surface area (Å²) in [6.45, 7) is 4.75. The van der Waals surface area contributed by atoms with Crippen molar-refractivity contribution in [3.05, 3.63) is 204 Å². The molecule has 2 heterocycles. The lowest BCUT2D eigenvalue weighted by molar-refractivity contribution is -0.132. The Morgan fingerprint density at radius 2 is 0.716 bits per heavy atom. The van der Waals surface area contributed by atoms with Gasteiger partial charge >= 0.3 is 0 Å². The SMILES string of the molecule is Nc1ccccc1.O=C(Cc1ccccc1)N1CCN(C(=O)Cc2ccccc2)CC(CNc2ccccc2)C1.O=CC1CN(C(=O)Cc2ccccc2)CCN(C(=O)Cc2ccccc2)C1. The van der Waals surface area contributed by atoms with E-state index in [2.05, 4.69) is 5.32 Å². The van der Waals surface area contributed by atoms with Crippen molar-refractivity contribution < 1.29 is 24.0 Å². The van der Waals surface area contributed by atoms with Gasteiger partial charge in [0, 0.05) is 82.1 Å². The van der Waals surface area contributed by atoms with E-state index in [1.54, 1.807) is 9.80 Å². The molecule has 2 fully saturated rings. The molecule has 0 aliphatic carbocycles. The first-order valence-electron chi connectivity index (χ1n) is 23.0. The van der Waals surface area contributed by atoms with Crippen molar-refractivity contribution in [3.8, 4) is 0 Å². The fraction of sp³-hybridized carbons (Fsp3) is 0.268. The molecule has 0 atom stereocenters. The lowest BCUT2D eigenvalue weighted by Crippen LogP contribution is -2.38. The van der Waals surface area contributed by atoms with E-state index in [-0.39, 0.29) is 35.5 Å². The van der Waals surface area contributed by atoms with Crippen molar-refractivity contribution in [2.75, 3.05) is 70.0 Å². The summed E-state index contributed by atoms with van der Waals surface area (Å²) >= 11 is 0. The second-order valence-electron chi connectivity index (χ2n) is 16.9. The topological polar surface area (TPSA) is 136 Å². The van der Waals surface area contributed by atoms with Gasteiger partial charge in [-0.3, -0.25) is 19.2 Å². The van der Waals surface area contributed by atoms with Crippen LogP contribution in [0.15, 0.2) is 182 Å². The van der Waals surface area contributed by atoms with Gasteiger partial charge in [-0.2, -0.15) is 0 Å². The maximum Gasteiger partial charge on any atom is 0.227 e. The molecule has 67 heavy (non-hydrogen) atoms. The first-order valence-corrected chi connectivity index (χ1v) is 23.0. The van der Waals surface area contributed by atoms with Gasteiger partial charge in [0.25, 0.3) is 0 Å². The quantitative estimate of drug-likeness (QED) is 0.0989. The van der Waals surface area contributed by atoms with Crippen molar-refractivity contribution >= 4 is 41.3 Å². The van der Waals surface area contributed by atoms with Crippen molar-refractivity contribution in [3.63, 3.8) is 0 Å². The predicted molar refractivity (Wildman–Crippen MR) is 266 cm³/mol. The highest BCUT2D eigenvalue weighted by atomic mass is 16.2. The van der Waals surface area contributed by atoms with Crippen LogP contribution >= 0.6 is 0 Å². The van der Waals surface area contributed by atoms with Crippen LogP contribution in [0.1, 0.15) is 22.3 Å². The summed E-state index contributed by atoms with van der Waals surface area (Å²) in [5.74, 6) is 0.00135. The van der Waals surface area contributed by atoms with Gasteiger partial charge in [0.2, 0.25) is 23.6 Å². The molecule has 0 radical (unpaired) electrons. The summed E-state index contributed by atoms with van der Waals surface area (Å²) in [6, 6.07) is 58.4. The van der Waals surface area contributed by atoms with Gasteiger partial charge in [-0.1, -0.05) is 158 Å². The molecule has 0 unspecified atom stereocenters. The number of nitrogens with two attached hydrogens (primary N) is 1. The fourth-order valence-corrected chi connectivity index (χ4v) is 8.07. The van der Waals surface area contributed by atoms with Crippen LogP contribution in [0.5, 0.6) is 0 Å². The third kappa shape index (κ3) is 16.8. The molecule has 2 saturated heterocycles. The molecule has 346 valence electrons. The lowest BCUT2D eigenvalue weighted by atomic mass is 10.1. The highest BCUT2D eigenvalue weighted by Crippen LogP contribution is 2.17. The van der Waals surface area contributed by atoms with Crippen molar-refractivity contribution in [2.24, 2.45) is 11.8 Å². The van der Waals surface area contributed by atoms with Crippen LogP contribution in [0.25, 0.3) is 0 Å². The minimum Gasteiger partial charge on any atom is -0.399 e. The number of carbonyl (C=O) groups is 5. The Morgan fingerprint density at radius 3 is 1.00 bits per heavy atom. The molecule has 0 bridgehead atoms. The number of carbonyl (C=O) groups excluding carboxylic acids is 5. The Labute approximate surface area is 395 Å². The van der Waals surface area contributed by atoms with Crippen molar-refractivity contribution in [1.29, 1.82) is 0 Å². The molecule has 4 amide bonds. The first kappa shape index (κ1) is 48.9. The molecule has 3 N–H and O–H groups in total. The molecule has 0 aromatic heterocycles. The maximum atomic E-state index is 13.1. The summed E-state index contributed by atoms with van der Waals surface area (Å²) in [6.07, 6.45) is 2.25.